The molecule has 0 radical (unpaired) electrons. The summed E-state index contributed by atoms with van der Waals surface area (Å²) in [5, 5.41) is 5.16. The molecule has 0 amide bonds. The lowest BCUT2D eigenvalue weighted by Gasteiger charge is -2.34. The zero-order valence-corrected chi connectivity index (χ0v) is 15.8. The van der Waals surface area contributed by atoms with E-state index in [9.17, 15) is 0 Å². The summed E-state index contributed by atoms with van der Waals surface area (Å²) >= 11 is 17.5. The molecule has 1 unspecified atom stereocenters. The number of hydrogen-bond acceptors (Lipinski definition) is 3. The molecule has 0 saturated carbocycles. The van der Waals surface area contributed by atoms with E-state index in [0.29, 0.717) is 10.0 Å². The van der Waals surface area contributed by atoms with Crippen LogP contribution in [0.15, 0.2) is 18.2 Å². The Hall–Kier alpha value is -0.750. The van der Waals surface area contributed by atoms with Gasteiger partial charge in [0.25, 0.3) is 0 Å². The lowest BCUT2D eigenvalue weighted by molar-refractivity contribution is 0.124. The summed E-state index contributed by atoms with van der Waals surface area (Å²) in [6.07, 6.45) is 2.17. The molecular formula is C16H23Cl2N3OS. The van der Waals surface area contributed by atoms with Gasteiger partial charge in [-0.2, -0.15) is 0 Å². The van der Waals surface area contributed by atoms with E-state index in [1.165, 1.54) is 0 Å². The smallest absolute Gasteiger partial charge is 0.169 e. The summed E-state index contributed by atoms with van der Waals surface area (Å²) in [5.41, 5.74) is 0. The fraction of sp³-hybridized carbons (Fsp3) is 0.562. The summed E-state index contributed by atoms with van der Waals surface area (Å²) in [6.45, 7) is 3.56. The van der Waals surface area contributed by atoms with Crippen molar-refractivity contribution in [2.45, 2.75) is 18.9 Å². The van der Waals surface area contributed by atoms with Gasteiger partial charge in [0.2, 0.25) is 0 Å². The molecule has 2 rings (SSSR count). The largest absolute Gasteiger partial charge is 0.489 e. The average molecular weight is 376 g/mol. The molecule has 1 aromatic carbocycles. The fourth-order valence-electron chi connectivity index (χ4n) is 2.46. The van der Waals surface area contributed by atoms with Gasteiger partial charge in [-0.05, 0) is 51.3 Å². The van der Waals surface area contributed by atoms with Crippen molar-refractivity contribution in [1.82, 2.24) is 15.1 Å². The first kappa shape index (κ1) is 18.6. The number of halogens is 2. The Morgan fingerprint density at radius 3 is 2.87 bits per heavy atom. The van der Waals surface area contributed by atoms with Crippen LogP contribution >= 0.6 is 35.4 Å². The van der Waals surface area contributed by atoms with E-state index < -0.39 is 0 Å². The molecule has 128 valence electrons. The lowest BCUT2D eigenvalue weighted by atomic mass is 10.1. The molecule has 1 atom stereocenters. The summed E-state index contributed by atoms with van der Waals surface area (Å²) in [4.78, 5) is 4.30. The molecular weight excluding hydrogens is 353 g/mol. The number of nitrogens with zero attached hydrogens (tertiary/aromatic N) is 2. The van der Waals surface area contributed by atoms with Gasteiger partial charge in [-0.25, -0.2) is 0 Å². The number of benzene rings is 1. The van der Waals surface area contributed by atoms with E-state index in [0.717, 1.165) is 49.9 Å². The van der Waals surface area contributed by atoms with Crippen LogP contribution in [-0.2, 0) is 0 Å². The molecule has 1 N–H and O–H groups in total. The first-order valence-corrected chi connectivity index (χ1v) is 8.91. The fourth-order valence-corrected chi connectivity index (χ4v) is 3.02. The zero-order valence-electron chi connectivity index (χ0n) is 13.5. The van der Waals surface area contributed by atoms with Gasteiger partial charge in [0.15, 0.2) is 5.11 Å². The SMILES string of the molecule is CN(C)CCNC(=S)N1CCCC(Oc2ccc(Cl)c(Cl)c2)C1. The average Bonchev–Trinajstić information content (AvgIpc) is 2.51. The van der Waals surface area contributed by atoms with Crippen LogP contribution in [0.2, 0.25) is 10.0 Å². The van der Waals surface area contributed by atoms with Crippen molar-refractivity contribution in [3.05, 3.63) is 28.2 Å². The van der Waals surface area contributed by atoms with Crippen molar-refractivity contribution in [3.63, 3.8) is 0 Å². The Labute approximate surface area is 153 Å². The molecule has 1 heterocycles. The van der Waals surface area contributed by atoms with Gasteiger partial charge >= 0.3 is 0 Å². The van der Waals surface area contributed by atoms with Gasteiger partial charge < -0.3 is 19.9 Å². The van der Waals surface area contributed by atoms with Crippen molar-refractivity contribution >= 4 is 40.5 Å². The molecule has 0 aromatic heterocycles. The standard InChI is InChI=1S/C16H23Cl2N3OS/c1-20(2)9-7-19-16(23)21-8-3-4-13(11-21)22-12-5-6-14(17)15(18)10-12/h5-6,10,13H,3-4,7-9,11H2,1-2H3,(H,19,23). The summed E-state index contributed by atoms with van der Waals surface area (Å²) < 4.78 is 6.03. The van der Waals surface area contributed by atoms with Gasteiger partial charge in [0.1, 0.15) is 11.9 Å². The minimum Gasteiger partial charge on any atom is -0.489 e. The van der Waals surface area contributed by atoms with Crippen LogP contribution in [0.3, 0.4) is 0 Å². The Balaban J connectivity index is 1.85. The third-order valence-electron chi connectivity index (χ3n) is 3.69. The second kappa shape index (κ2) is 8.92. The Kier molecular flexibility index (Phi) is 7.21. The lowest BCUT2D eigenvalue weighted by Crippen LogP contribution is -2.49. The minimum absolute atomic E-state index is 0.106. The number of likely N-dealkylation sites (tertiary alicyclic amines) is 1. The second-order valence-electron chi connectivity index (χ2n) is 5.94. The van der Waals surface area contributed by atoms with Crippen molar-refractivity contribution in [3.8, 4) is 5.75 Å². The zero-order chi connectivity index (χ0) is 16.8. The summed E-state index contributed by atoms with van der Waals surface area (Å²) in [6, 6.07) is 5.37. The summed E-state index contributed by atoms with van der Waals surface area (Å²) in [7, 11) is 4.10. The number of likely N-dealkylation sites (N-methyl/N-ethyl adjacent to an activating group) is 1. The van der Waals surface area contributed by atoms with Crippen LogP contribution in [0.25, 0.3) is 0 Å². The Bertz CT molecular complexity index is 542. The maximum Gasteiger partial charge on any atom is 0.169 e. The molecule has 1 aromatic rings. The van der Waals surface area contributed by atoms with Crippen molar-refractivity contribution in [2.24, 2.45) is 0 Å². The molecule has 23 heavy (non-hydrogen) atoms. The highest BCUT2D eigenvalue weighted by Crippen LogP contribution is 2.28. The second-order valence-corrected chi connectivity index (χ2v) is 7.14. The van der Waals surface area contributed by atoms with E-state index >= 15 is 0 Å². The number of nitrogens with one attached hydrogen (secondary N) is 1. The minimum atomic E-state index is 0.106. The molecule has 0 bridgehead atoms. The van der Waals surface area contributed by atoms with Gasteiger partial charge in [0.05, 0.1) is 16.6 Å². The van der Waals surface area contributed by atoms with E-state index in [1.807, 2.05) is 20.2 Å². The van der Waals surface area contributed by atoms with Gasteiger partial charge in [0, 0.05) is 25.7 Å². The van der Waals surface area contributed by atoms with Gasteiger partial charge in [-0.3, -0.25) is 0 Å². The van der Waals surface area contributed by atoms with Crippen molar-refractivity contribution in [1.29, 1.82) is 0 Å². The first-order valence-electron chi connectivity index (χ1n) is 7.75. The van der Waals surface area contributed by atoms with Crippen molar-refractivity contribution < 1.29 is 4.74 Å². The van der Waals surface area contributed by atoms with Crippen molar-refractivity contribution in [2.75, 3.05) is 40.3 Å². The molecule has 0 spiro atoms. The molecule has 7 heteroatoms. The summed E-state index contributed by atoms with van der Waals surface area (Å²) in [5.74, 6) is 0.748. The predicted octanol–water partition coefficient (Wildman–Crippen LogP) is 3.27. The van der Waals surface area contributed by atoms with Gasteiger partial charge in [-0.15, -0.1) is 0 Å². The third kappa shape index (κ3) is 5.99. The van der Waals surface area contributed by atoms with Crippen LogP contribution < -0.4 is 10.1 Å². The number of hydrogen-bond donors (Lipinski definition) is 1. The highest BCUT2D eigenvalue weighted by Gasteiger charge is 2.23. The van der Waals surface area contributed by atoms with Crippen LogP contribution in [0.1, 0.15) is 12.8 Å². The predicted molar refractivity (Wildman–Crippen MR) is 101 cm³/mol. The van der Waals surface area contributed by atoms with E-state index in [1.54, 1.807) is 12.1 Å². The van der Waals surface area contributed by atoms with E-state index in [4.69, 9.17) is 40.2 Å². The van der Waals surface area contributed by atoms with E-state index in [2.05, 4.69) is 15.1 Å². The molecule has 1 saturated heterocycles. The molecule has 0 aliphatic carbocycles. The normalized spacial score (nSPS) is 18.1. The number of piperidine rings is 1. The molecule has 1 fully saturated rings. The molecule has 4 nitrogen and oxygen atoms in total. The Morgan fingerprint density at radius 2 is 2.17 bits per heavy atom. The topological polar surface area (TPSA) is 27.7 Å². The van der Waals surface area contributed by atoms with Crippen LogP contribution in [0.5, 0.6) is 5.75 Å². The highest BCUT2D eigenvalue weighted by molar-refractivity contribution is 7.80. The van der Waals surface area contributed by atoms with Crippen LogP contribution in [0.4, 0.5) is 0 Å². The number of thiocarbonyl (C=S) groups is 1. The first-order chi connectivity index (χ1) is 11.0. The van der Waals surface area contributed by atoms with Crippen LogP contribution in [0, 0.1) is 0 Å². The highest BCUT2D eigenvalue weighted by atomic mass is 35.5. The molecule has 1 aliphatic heterocycles. The van der Waals surface area contributed by atoms with E-state index in [-0.39, 0.29) is 6.10 Å². The van der Waals surface area contributed by atoms with Crippen LogP contribution in [-0.4, -0.2) is 61.3 Å². The monoisotopic (exact) mass is 375 g/mol. The third-order valence-corrected chi connectivity index (χ3v) is 4.84. The Morgan fingerprint density at radius 1 is 1.39 bits per heavy atom. The molecule has 1 aliphatic rings. The maximum atomic E-state index is 6.04. The van der Waals surface area contributed by atoms with Gasteiger partial charge in [-0.1, -0.05) is 23.2 Å². The quantitative estimate of drug-likeness (QED) is 0.797. The number of ether oxygens (including phenoxy) is 1. The number of rotatable bonds is 5. The maximum absolute atomic E-state index is 6.04.